The van der Waals surface area contributed by atoms with Crippen molar-refractivity contribution in [2.75, 3.05) is 0 Å². The number of hydrogen-bond donors (Lipinski definition) is 0. The van der Waals surface area contributed by atoms with Crippen molar-refractivity contribution in [2.24, 2.45) is 4.99 Å². The van der Waals surface area contributed by atoms with Crippen LogP contribution in [0.2, 0.25) is 0 Å². The first-order valence-corrected chi connectivity index (χ1v) is 9.05. The highest BCUT2D eigenvalue weighted by atomic mass is 32.1. The molecule has 116 valence electrons. The summed E-state index contributed by atoms with van der Waals surface area (Å²) in [6, 6.07) is 19.5. The van der Waals surface area contributed by atoms with Gasteiger partial charge in [-0.15, -0.1) is 11.3 Å². The van der Waals surface area contributed by atoms with Gasteiger partial charge in [0.15, 0.2) is 4.80 Å². The number of benzene rings is 2. The Bertz CT molecular complexity index is 874. The van der Waals surface area contributed by atoms with E-state index >= 15 is 0 Å². The predicted molar refractivity (Wildman–Crippen MR) is 96.2 cm³/mol. The van der Waals surface area contributed by atoms with Crippen molar-refractivity contribution in [1.82, 2.24) is 4.57 Å². The standard InChI is InChI=1S/C20H20N2S/c1-15-14-23-20(21-17-10-3-2-4-11-17)22(15)19-13-7-9-16-8-5-6-12-18(16)19/h2-6,8,10-12,14,19H,7,9,13H2,1H3. The van der Waals surface area contributed by atoms with Crippen molar-refractivity contribution in [1.29, 1.82) is 0 Å². The molecule has 2 aromatic carbocycles. The van der Waals surface area contributed by atoms with Gasteiger partial charge in [0.1, 0.15) is 0 Å². The first-order chi connectivity index (χ1) is 11.3. The van der Waals surface area contributed by atoms with Gasteiger partial charge in [0.05, 0.1) is 11.7 Å². The molecular formula is C20H20N2S. The summed E-state index contributed by atoms with van der Waals surface area (Å²) in [4.78, 5) is 5.98. The van der Waals surface area contributed by atoms with Crippen LogP contribution in [-0.4, -0.2) is 4.57 Å². The topological polar surface area (TPSA) is 17.3 Å². The highest BCUT2D eigenvalue weighted by Crippen LogP contribution is 2.33. The number of nitrogens with zero attached hydrogens (tertiary/aromatic N) is 2. The summed E-state index contributed by atoms with van der Waals surface area (Å²) in [7, 11) is 0. The molecule has 2 nitrogen and oxygen atoms in total. The van der Waals surface area contributed by atoms with Crippen molar-refractivity contribution in [2.45, 2.75) is 32.2 Å². The molecule has 0 saturated carbocycles. The first-order valence-electron chi connectivity index (χ1n) is 8.17. The fourth-order valence-corrected chi connectivity index (χ4v) is 4.40. The molecule has 3 heteroatoms. The zero-order chi connectivity index (χ0) is 15.6. The second kappa shape index (κ2) is 6.17. The van der Waals surface area contributed by atoms with Crippen LogP contribution < -0.4 is 4.80 Å². The Hall–Kier alpha value is -2.13. The Kier molecular flexibility index (Phi) is 3.88. The van der Waals surface area contributed by atoms with Gasteiger partial charge in [-0.2, -0.15) is 0 Å². The number of rotatable bonds is 2. The van der Waals surface area contributed by atoms with Crippen molar-refractivity contribution >= 4 is 17.0 Å². The van der Waals surface area contributed by atoms with E-state index in [4.69, 9.17) is 4.99 Å². The minimum Gasteiger partial charge on any atom is -0.314 e. The van der Waals surface area contributed by atoms with Gasteiger partial charge < -0.3 is 4.57 Å². The fraction of sp³-hybridized carbons (Fsp3) is 0.250. The molecule has 4 rings (SSSR count). The molecule has 0 spiro atoms. The third-order valence-electron chi connectivity index (χ3n) is 4.55. The van der Waals surface area contributed by atoms with Crippen LogP contribution in [0.1, 0.15) is 35.7 Å². The molecule has 0 saturated heterocycles. The van der Waals surface area contributed by atoms with Gasteiger partial charge in [0, 0.05) is 11.1 Å². The minimum atomic E-state index is 0.411. The van der Waals surface area contributed by atoms with Gasteiger partial charge in [0.25, 0.3) is 0 Å². The Morgan fingerprint density at radius 3 is 2.70 bits per heavy atom. The van der Waals surface area contributed by atoms with Crippen molar-refractivity contribution in [3.8, 4) is 0 Å². The van der Waals surface area contributed by atoms with E-state index < -0.39 is 0 Å². The summed E-state index contributed by atoms with van der Waals surface area (Å²) in [5.74, 6) is 0. The lowest BCUT2D eigenvalue weighted by molar-refractivity contribution is 0.474. The average Bonchev–Trinajstić information content (AvgIpc) is 2.95. The smallest absolute Gasteiger partial charge is 0.190 e. The molecule has 0 fully saturated rings. The molecule has 1 aliphatic carbocycles. The number of thiazole rings is 1. The van der Waals surface area contributed by atoms with Crippen molar-refractivity contribution in [3.05, 3.63) is 81.6 Å². The minimum absolute atomic E-state index is 0.411. The summed E-state index contributed by atoms with van der Waals surface area (Å²) in [6.45, 7) is 2.19. The van der Waals surface area contributed by atoms with Crippen LogP contribution in [0.25, 0.3) is 0 Å². The van der Waals surface area contributed by atoms with E-state index in [2.05, 4.69) is 53.3 Å². The lowest BCUT2D eigenvalue weighted by atomic mass is 9.87. The monoisotopic (exact) mass is 320 g/mol. The maximum atomic E-state index is 4.89. The number of aromatic nitrogens is 1. The summed E-state index contributed by atoms with van der Waals surface area (Å²) in [5.41, 5.74) is 5.28. The summed E-state index contributed by atoms with van der Waals surface area (Å²) < 4.78 is 2.43. The second-order valence-corrected chi connectivity index (χ2v) is 6.92. The molecule has 23 heavy (non-hydrogen) atoms. The van der Waals surface area contributed by atoms with Crippen LogP contribution in [0.5, 0.6) is 0 Å². The molecule has 0 N–H and O–H groups in total. The summed E-state index contributed by atoms with van der Waals surface area (Å²) >= 11 is 1.74. The molecule has 1 unspecified atom stereocenters. The van der Waals surface area contributed by atoms with E-state index in [9.17, 15) is 0 Å². The van der Waals surface area contributed by atoms with E-state index in [1.165, 1.54) is 36.1 Å². The van der Waals surface area contributed by atoms with Gasteiger partial charge in [-0.05, 0) is 49.4 Å². The van der Waals surface area contributed by atoms with Crippen LogP contribution >= 0.6 is 11.3 Å². The maximum Gasteiger partial charge on any atom is 0.190 e. The third kappa shape index (κ3) is 2.77. The molecule has 3 aromatic rings. The average molecular weight is 320 g/mol. The van der Waals surface area contributed by atoms with Crippen molar-refractivity contribution < 1.29 is 0 Å². The molecule has 1 atom stereocenters. The van der Waals surface area contributed by atoms with E-state index in [0.717, 1.165) is 10.5 Å². The molecule has 0 bridgehead atoms. The number of aryl methyl sites for hydroxylation is 2. The molecule has 1 aliphatic rings. The fourth-order valence-electron chi connectivity index (χ4n) is 3.47. The second-order valence-electron chi connectivity index (χ2n) is 6.08. The van der Waals surface area contributed by atoms with Crippen LogP contribution in [0, 0.1) is 6.92 Å². The van der Waals surface area contributed by atoms with Crippen LogP contribution in [0.15, 0.2) is 65.0 Å². The van der Waals surface area contributed by atoms with E-state index in [1.807, 2.05) is 18.2 Å². The van der Waals surface area contributed by atoms with Crippen LogP contribution in [-0.2, 0) is 6.42 Å². The first kappa shape index (κ1) is 14.5. The Morgan fingerprint density at radius 1 is 1.04 bits per heavy atom. The van der Waals surface area contributed by atoms with E-state index in [0.29, 0.717) is 6.04 Å². The molecule has 1 aromatic heterocycles. The van der Waals surface area contributed by atoms with Crippen molar-refractivity contribution in [3.63, 3.8) is 0 Å². The molecule has 0 aliphatic heterocycles. The quantitative estimate of drug-likeness (QED) is 0.631. The Balaban J connectivity index is 1.85. The van der Waals surface area contributed by atoms with Gasteiger partial charge in [-0.1, -0.05) is 42.5 Å². The van der Waals surface area contributed by atoms with Crippen LogP contribution in [0.4, 0.5) is 5.69 Å². The lowest BCUT2D eigenvalue weighted by Crippen LogP contribution is -2.26. The highest BCUT2D eigenvalue weighted by Gasteiger charge is 2.23. The Labute approximate surface area is 140 Å². The van der Waals surface area contributed by atoms with Gasteiger partial charge in [-0.3, -0.25) is 0 Å². The van der Waals surface area contributed by atoms with E-state index in [-0.39, 0.29) is 0 Å². The van der Waals surface area contributed by atoms with Gasteiger partial charge in [-0.25, -0.2) is 4.99 Å². The molecule has 0 radical (unpaired) electrons. The molecule has 0 amide bonds. The van der Waals surface area contributed by atoms with Crippen LogP contribution in [0.3, 0.4) is 0 Å². The molecular weight excluding hydrogens is 300 g/mol. The predicted octanol–water partition coefficient (Wildman–Crippen LogP) is 5.02. The number of fused-ring (bicyclic) bond motifs is 1. The highest BCUT2D eigenvalue weighted by molar-refractivity contribution is 7.07. The normalized spacial score (nSPS) is 18.0. The molecule has 1 heterocycles. The zero-order valence-electron chi connectivity index (χ0n) is 13.3. The number of hydrogen-bond acceptors (Lipinski definition) is 2. The zero-order valence-corrected chi connectivity index (χ0v) is 14.1. The van der Waals surface area contributed by atoms with E-state index in [1.54, 1.807) is 11.3 Å². The Morgan fingerprint density at radius 2 is 1.83 bits per heavy atom. The van der Waals surface area contributed by atoms with Gasteiger partial charge in [0.2, 0.25) is 0 Å². The van der Waals surface area contributed by atoms with Gasteiger partial charge >= 0.3 is 0 Å². The maximum absolute atomic E-state index is 4.89. The SMILES string of the molecule is Cc1csc(=Nc2ccccc2)n1C1CCCc2ccccc21. The largest absolute Gasteiger partial charge is 0.314 e. The summed E-state index contributed by atoms with van der Waals surface area (Å²) in [5, 5.41) is 2.22. The number of para-hydroxylation sites is 1. The lowest BCUT2D eigenvalue weighted by Gasteiger charge is -2.27. The third-order valence-corrected chi connectivity index (χ3v) is 5.51. The summed E-state index contributed by atoms with van der Waals surface area (Å²) in [6.07, 6.45) is 3.63.